The summed E-state index contributed by atoms with van der Waals surface area (Å²) in [4.78, 5) is 12.2. The first-order valence-electron chi connectivity index (χ1n) is 6.90. The first-order chi connectivity index (χ1) is 11.0. The molecule has 0 aliphatic rings. The average molecular weight is 308 g/mol. The van der Waals surface area contributed by atoms with Gasteiger partial charge in [0.2, 0.25) is 0 Å². The van der Waals surface area contributed by atoms with Crippen molar-refractivity contribution in [1.82, 2.24) is 0 Å². The standard InChI is InChI=1S/C18H16N2O3/c1-12-4-3-5-15(8-12)20-18(22)14(11-19)9-13-6-7-16(21)17(10-13)23-2/h3-10,21H,1-2H3,(H,20,22)/b14-9+. The van der Waals surface area contributed by atoms with Crippen molar-refractivity contribution in [3.8, 4) is 17.6 Å². The summed E-state index contributed by atoms with van der Waals surface area (Å²) < 4.78 is 5.01. The van der Waals surface area contributed by atoms with Crippen molar-refractivity contribution < 1.29 is 14.6 Å². The fourth-order valence-corrected chi connectivity index (χ4v) is 2.02. The molecule has 0 radical (unpaired) electrons. The molecular weight excluding hydrogens is 292 g/mol. The summed E-state index contributed by atoms with van der Waals surface area (Å²) in [6, 6.07) is 13.8. The molecule has 2 N–H and O–H groups in total. The lowest BCUT2D eigenvalue weighted by Gasteiger charge is -2.06. The Morgan fingerprint density at radius 1 is 1.30 bits per heavy atom. The number of nitrogens with zero attached hydrogens (tertiary/aromatic N) is 1. The zero-order chi connectivity index (χ0) is 16.8. The summed E-state index contributed by atoms with van der Waals surface area (Å²) in [5.41, 5.74) is 2.17. The van der Waals surface area contributed by atoms with Crippen molar-refractivity contribution in [2.45, 2.75) is 6.92 Å². The van der Waals surface area contributed by atoms with Crippen LogP contribution in [0.3, 0.4) is 0 Å². The second kappa shape index (κ2) is 7.14. The molecule has 0 unspecified atom stereocenters. The summed E-state index contributed by atoms with van der Waals surface area (Å²) in [6.45, 7) is 1.92. The number of aryl methyl sites for hydroxylation is 1. The van der Waals surface area contributed by atoms with E-state index in [0.29, 0.717) is 11.3 Å². The molecule has 2 aromatic carbocycles. The quantitative estimate of drug-likeness (QED) is 0.671. The highest BCUT2D eigenvalue weighted by Gasteiger charge is 2.10. The van der Waals surface area contributed by atoms with Crippen LogP contribution in [0.25, 0.3) is 6.08 Å². The number of amides is 1. The molecular formula is C18H16N2O3. The predicted molar refractivity (Wildman–Crippen MR) is 88.1 cm³/mol. The minimum absolute atomic E-state index is 0.00706. The highest BCUT2D eigenvalue weighted by atomic mass is 16.5. The summed E-state index contributed by atoms with van der Waals surface area (Å²) >= 11 is 0. The number of nitrogens with one attached hydrogen (secondary N) is 1. The number of hydrogen-bond acceptors (Lipinski definition) is 4. The van der Waals surface area contributed by atoms with Gasteiger partial charge in [0, 0.05) is 5.69 Å². The number of phenols is 1. The third kappa shape index (κ3) is 4.11. The summed E-state index contributed by atoms with van der Waals surface area (Å²) in [5.74, 6) is -0.229. The van der Waals surface area contributed by atoms with Crippen LogP contribution in [-0.4, -0.2) is 18.1 Å². The zero-order valence-electron chi connectivity index (χ0n) is 12.8. The van der Waals surface area contributed by atoms with Crippen LogP contribution in [0.15, 0.2) is 48.0 Å². The molecule has 116 valence electrons. The molecule has 0 heterocycles. The average Bonchev–Trinajstić information content (AvgIpc) is 2.53. The van der Waals surface area contributed by atoms with Gasteiger partial charge in [0.15, 0.2) is 11.5 Å². The van der Waals surface area contributed by atoms with E-state index in [1.165, 1.54) is 19.3 Å². The number of carbonyl (C=O) groups is 1. The topological polar surface area (TPSA) is 82.3 Å². The Labute approximate surface area is 134 Å². The van der Waals surface area contributed by atoms with Crippen molar-refractivity contribution in [1.29, 1.82) is 5.26 Å². The molecule has 0 aliphatic heterocycles. The van der Waals surface area contributed by atoms with E-state index in [1.54, 1.807) is 18.2 Å². The maximum atomic E-state index is 12.2. The molecule has 0 saturated carbocycles. The number of methoxy groups -OCH3 is 1. The number of hydrogen-bond donors (Lipinski definition) is 2. The van der Waals surface area contributed by atoms with Gasteiger partial charge >= 0.3 is 0 Å². The first-order valence-corrected chi connectivity index (χ1v) is 6.90. The molecule has 1 amide bonds. The highest BCUT2D eigenvalue weighted by molar-refractivity contribution is 6.09. The van der Waals surface area contributed by atoms with Crippen molar-refractivity contribution in [3.05, 3.63) is 59.2 Å². The molecule has 5 nitrogen and oxygen atoms in total. The molecule has 0 aromatic heterocycles. The van der Waals surface area contributed by atoms with Crippen LogP contribution in [0.4, 0.5) is 5.69 Å². The number of rotatable bonds is 4. The number of aromatic hydroxyl groups is 1. The second-order valence-electron chi connectivity index (χ2n) is 4.92. The summed E-state index contributed by atoms with van der Waals surface area (Å²) in [6.07, 6.45) is 1.44. The third-order valence-electron chi connectivity index (χ3n) is 3.16. The van der Waals surface area contributed by atoms with Crippen LogP contribution in [0.2, 0.25) is 0 Å². The highest BCUT2D eigenvalue weighted by Crippen LogP contribution is 2.27. The smallest absolute Gasteiger partial charge is 0.266 e. The van der Waals surface area contributed by atoms with E-state index in [1.807, 2.05) is 31.2 Å². The molecule has 0 spiro atoms. The first kappa shape index (κ1) is 16.1. The predicted octanol–water partition coefficient (Wildman–Crippen LogP) is 3.25. The van der Waals surface area contributed by atoms with Gasteiger partial charge < -0.3 is 15.2 Å². The van der Waals surface area contributed by atoms with Gasteiger partial charge in [-0.25, -0.2) is 0 Å². The Balaban J connectivity index is 2.25. The molecule has 2 rings (SSSR count). The van der Waals surface area contributed by atoms with Gasteiger partial charge in [0.25, 0.3) is 5.91 Å². The number of nitriles is 1. The van der Waals surface area contributed by atoms with Crippen LogP contribution in [0.5, 0.6) is 11.5 Å². The Hall–Kier alpha value is -3.26. The number of phenolic OH excluding ortho intramolecular Hbond substituents is 1. The van der Waals surface area contributed by atoms with Crippen LogP contribution in [0.1, 0.15) is 11.1 Å². The molecule has 0 atom stereocenters. The minimum atomic E-state index is -0.495. The van der Waals surface area contributed by atoms with E-state index >= 15 is 0 Å². The maximum absolute atomic E-state index is 12.2. The Morgan fingerprint density at radius 3 is 2.74 bits per heavy atom. The van der Waals surface area contributed by atoms with Gasteiger partial charge in [-0.1, -0.05) is 18.2 Å². The molecule has 0 bridgehead atoms. The fourth-order valence-electron chi connectivity index (χ4n) is 2.02. The van der Waals surface area contributed by atoms with Crippen molar-refractivity contribution in [3.63, 3.8) is 0 Å². The SMILES string of the molecule is COc1cc(/C=C(\C#N)C(=O)Nc2cccc(C)c2)ccc1O. The van der Waals surface area contributed by atoms with Crippen LogP contribution in [-0.2, 0) is 4.79 Å². The van der Waals surface area contributed by atoms with Gasteiger partial charge in [0.1, 0.15) is 11.6 Å². The van der Waals surface area contributed by atoms with Gasteiger partial charge in [0.05, 0.1) is 7.11 Å². The zero-order valence-corrected chi connectivity index (χ0v) is 12.8. The lowest BCUT2D eigenvalue weighted by molar-refractivity contribution is -0.112. The lowest BCUT2D eigenvalue weighted by atomic mass is 10.1. The molecule has 0 saturated heterocycles. The molecule has 0 aliphatic carbocycles. The lowest BCUT2D eigenvalue weighted by Crippen LogP contribution is -2.13. The Bertz CT molecular complexity index is 804. The number of anilines is 1. The van der Waals surface area contributed by atoms with Gasteiger partial charge in [-0.05, 0) is 48.4 Å². The number of ether oxygens (including phenoxy) is 1. The third-order valence-corrected chi connectivity index (χ3v) is 3.16. The Kier molecular flexibility index (Phi) is 5.00. The summed E-state index contributed by atoms with van der Waals surface area (Å²) in [5, 5.41) is 21.5. The van der Waals surface area contributed by atoms with Gasteiger partial charge in [-0.2, -0.15) is 5.26 Å². The van der Waals surface area contributed by atoms with Crippen molar-refractivity contribution in [2.24, 2.45) is 0 Å². The van der Waals surface area contributed by atoms with E-state index in [2.05, 4.69) is 5.32 Å². The van der Waals surface area contributed by atoms with Crippen LogP contribution in [0, 0.1) is 18.3 Å². The molecule has 2 aromatic rings. The molecule has 23 heavy (non-hydrogen) atoms. The number of carbonyl (C=O) groups excluding carboxylic acids is 1. The van der Waals surface area contributed by atoms with Crippen molar-refractivity contribution >= 4 is 17.7 Å². The largest absolute Gasteiger partial charge is 0.504 e. The van der Waals surface area contributed by atoms with Crippen molar-refractivity contribution in [2.75, 3.05) is 12.4 Å². The van der Waals surface area contributed by atoms with E-state index in [9.17, 15) is 15.2 Å². The van der Waals surface area contributed by atoms with Gasteiger partial charge in [-0.15, -0.1) is 0 Å². The van der Waals surface area contributed by atoms with E-state index in [4.69, 9.17) is 4.74 Å². The Morgan fingerprint density at radius 2 is 2.09 bits per heavy atom. The van der Waals surface area contributed by atoms with E-state index < -0.39 is 5.91 Å². The minimum Gasteiger partial charge on any atom is -0.504 e. The molecule has 5 heteroatoms. The summed E-state index contributed by atoms with van der Waals surface area (Å²) in [7, 11) is 1.43. The normalized spacial score (nSPS) is 10.7. The van der Waals surface area contributed by atoms with Gasteiger partial charge in [-0.3, -0.25) is 4.79 Å². The van der Waals surface area contributed by atoms with E-state index in [0.717, 1.165) is 5.56 Å². The van der Waals surface area contributed by atoms with E-state index in [-0.39, 0.29) is 17.1 Å². The second-order valence-corrected chi connectivity index (χ2v) is 4.92. The monoisotopic (exact) mass is 308 g/mol. The fraction of sp³-hybridized carbons (Fsp3) is 0.111. The number of benzene rings is 2. The van der Waals surface area contributed by atoms with Crippen LogP contribution >= 0.6 is 0 Å². The van der Waals surface area contributed by atoms with Crippen LogP contribution < -0.4 is 10.1 Å². The maximum Gasteiger partial charge on any atom is 0.266 e. The molecule has 0 fully saturated rings.